The van der Waals surface area contributed by atoms with Gasteiger partial charge in [0.1, 0.15) is 9.92 Å². The third-order valence-electron chi connectivity index (χ3n) is 1.78. The molecule has 0 amide bonds. The molecule has 0 saturated heterocycles. The van der Waals surface area contributed by atoms with Crippen molar-refractivity contribution >= 4 is 9.92 Å². The highest BCUT2D eigenvalue weighted by Crippen LogP contribution is 2.01. The summed E-state index contributed by atoms with van der Waals surface area (Å²) >= 11 is 0. The molecule has 3 nitrogen and oxygen atoms in total. The lowest BCUT2D eigenvalue weighted by Crippen LogP contribution is -2.28. The van der Waals surface area contributed by atoms with Crippen LogP contribution < -0.4 is 0 Å². The molecule has 0 spiro atoms. The molecule has 0 radical (unpaired) electrons. The van der Waals surface area contributed by atoms with Gasteiger partial charge in [0.2, 0.25) is 0 Å². The molecule has 1 N–H and O–H groups in total. The largest absolute Gasteiger partial charge is 0.240 e. The van der Waals surface area contributed by atoms with Crippen LogP contribution in [0.2, 0.25) is 0 Å². The monoisotopic (exact) mass is 190 g/mol. The molecule has 0 saturated carbocycles. The van der Waals surface area contributed by atoms with Gasteiger partial charge in [-0.15, -0.1) is 6.58 Å². The first-order valence-electron chi connectivity index (χ1n) is 4.13. The summed E-state index contributed by atoms with van der Waals surface area (Å²) in [7, 11) is -0.742. The van der Waals surface area contributed by atoms with Crippen molar-refractivity contribution in [3.8, 4) is 0 Å². The molecular formula is C8H18N2OS. The van der Waals surface area contributed by atoms with Gasteiger partial charge in [-0.05, 0) is 12.8 Å². The van der Waals surface area contributed by atoms with Crippen molar-refractivity contribution in [1.82, 2.24) is 4.31 Å². The molecule has 0 heterocycles. The van der Waals surface area contributed by atoms with Gasteiger partial charge in [0, 0.05) is 19.3 Å². The summed E-state index contributed by atoms with van der Waals surface area (Å²) in [6.45, 7) is 6.09. The molecule has 0 aliphatic rings. The van der Waals surface area contributed by atoms with Crippen molar-refractivity contribution in [2.24, 2.45) is 0 Å². The van der Waals surface area contributed by atoms with Crippen molar-refractivity contribution in [3.05, 3.63) is 12.7 Å². The maximum Gasteiger partial charge on any atom is 0.107 e. The molecule has 0 aromatic carbocycles. The van der Waals surface area contributed by atoms with Gasteiger partial charge >= 0.3 is 0 Å². The zero-order valence-electron chi connectivity index (χ0n) is 7.88. The summed E-state index contributed by atoms with van der Waals surface area (Å²) in [5, 5.41) is 0. The first-order chi connectivity index (χ1) is 5.54. The average molecular weight is 190 g/mol. The minimum absolute atomic E-state index is 0.400. The van der Waals surface area contributed by atoms with E-state index in [9.17, 15) is 4.21 Å². The van der Waals surface area contributed by atoms with Gasteiger partial charge in [-0.3, -0.25) is 0 Å². The van der Waals surface area contributed by atoms with Crippen molar-refractivity contribution < 1.29 is 4.21 Å². The predicted octanol–water partition coefficient (Wildman–Crippen LogP) is 1.87. The Morgan fingerprint density at radius 2 is 2.25 bits per heavy atom. The van der Waals surface area contributed by atoms with Gasteiger partial charge in [-0.1, -0.05) is 13.0 Å². The van der Waals surface area contributed by atoms with Gasteiger partial charge < -0.3 is 0 Å². The van der Waals surface area contributed by atoms with Crippen LogP contribution in [-0.4, -0.2) is 27.9 Å². The van der Waals surface area contributed by atoms with E-state index in [-0.39, 0.29) is 0 Å². The number of hydrogen-bond donors (Lipinski definition) is 1. The van der Waals surface area contributed by atoms with E-state index >= 15 is 0 Å². The van der Waals surface area contributed by atoms with Gasteiger partial charge in [0.15, 0.2) is 0 Å². The highest BCUT2D eigenvalue weighted by molar-refractivity contribution is 7.90. The van der Waals surface area contributed by atoms with E-state index in [2.05, 4.69) is 6.58 Å². The SMILES string of the molecule is C=CCCCN(C)S(=N)(=O)CC. The van der Waals surface area contributed by atoms with Gasteiger partial charge in [0.25, 0.3) is 0 Å². The fourth-order valence-electron chi connectivity index (χ4n) is 0.826. The Morgan fingerprint density at radius 1 is 1.67 bits per heavy atom. The lowest BCUT2D eigenvalue weighted by atomic mass is 10.3. The lowest BCUT2D eigenvalue weighted by molar-refractivity contribution is 0.501. The topological polar surface area (TPSA) is 44.2 Å². The van der Waals surface area contributed by atoms with Gasteiger partial charge in [-0.25, -0.2) is 13.3 Å². The summed E-state index contributed by atoms with van der Waals surface area (Å²) in [5.41, 5.74) is 0. The van der Waals surface area contributed by atoms with Crippen molar-refractivity contribution in [2.45, 2.75) is 19.8 Å². The molecule has 0 bridgehead atoms. The van der Waals surface area contributed by atoms with Crippen LogP contribution in [-0.2, 0) is 9.92 Å². The zero-order valence-corrected chi connectivity index (χ0v) is 8.69. The second-order valence-electron chi connectivity index (χ2n) is 2.71. The number of rotatable bonds is 6. The molecule has 0 rings (SSSR count). The minimum Gasteiger partial charge on any atom is -0.240 e. The van der Waals surface area contributed by atoms with Gasteiger partial charge in [0.05, 0.1) is 0 Å². The number of nitrogens with zero attached hydrogens (tertiary/aromatic N) is 1. The number of unbranched alkanes of at least 4 members (excludes halogenated alkanes) is 1. The fourth-order valence-corrected chi connectivity index (χ4v) is 1.69. The summed E-state index contributed by atoms with van der Waals surface area (Å²) in [5.74, 6) is 0.400. The van der Waals surface area contributed by atoms with Crippen LogP contribution in [0.5, 0.6) is 0 Å². The van der Waals surface area contributed by atoms with E-state index in [0.717, 1.165) is 12.8 Å². The Balaban J connectivity index is 3.87. The zero-order chi connectivity index (χ0) is 9.61. The number of allylic oxidation sites excluding steroid dienone is 1. The van der Waals surface area contributed by atoms with Crippen LogP contribution in [0, 0.1) is 4.78 Å². The normalized spacial score (nSPS) is 15.9. The first-order valence-corrected chi connectivity index (χ1v) is 5.81. The molecule has 0 aliphatic carbocycles. The molecule has 4 heteroatoms. The molecule has 72 valence electrons. The summed E-state index contributed by atoms with van der Waals surface area (Å²) in [6.07, 6.45) is 3.69. The molecule has 0 fully saturated rings. The molecule has 1 atom stereocenters. The van der Waals surface area contributed by atoms with Crippen molar-refractivity contribution in [2.75, 3.05) is 19.3 Å². The van der Waals surface area contributed by atoms with E-state index in [0.29, 0.717) is 12.3 Å². The quantitative estimate of drug-likeness (QED) is 0.504. The Bertz CT molecular complexity index is 221. The Morgan fingerprint density at radius 3 is 2.67 bits per heavy atom. The minimum atomic E-state index is -2.48. The maximum atomic E-state index is 11.4. The van der Waals surface area contributed by atoms with E-state index in [4.69, 9.17) is 4.78 Å². The van der Waals surface area contributed by atoms with Crippen LogP contribution in [0.15, 0.2) is 12.7 Å². The molecular weight excluding hydrogens is 172 g/mol. The lowest BCUT2D eigenvalue weighted by Gasteiger charge is -2.17. The molecule has 0 aromatic heterocycles. The maximum absolute atomic E-state index is 11.4. The predicted molar refractivity (Wildman–Crippen MR) is 53.5 cm³/mol. The van der Waals surface area contributed by atoms with Crippen molar-refractivity contribution in [1.29, 1.82) is 4.78 Å². The van der Waals surface area contributed by atoms with Crippen LogP contribution in [0.1, 0.15) is 19.8 Å². The molecule has 0 aliphatic heterocycles. The molecule has 1 unspecified atom stereocenters. The Hall–Kier alpha value is -0.350. The molecule has 12 heavy (non-hydrogen) atoms. The van der Waals surface area contributed by atoms with Crippen molar-refractivity contribution in [3.63, 3.8) is 0 Å². The molecule has 0 aromatic rings. The third kappa shape index (κ3) is 3.88. The van der Waals surface area contributed by atoms with Gasteiger partial charge in [-0.2, -0.15) is 0 Å². The van der Waals surface area contributed by atoms with E-state index in [1.807, 2.05) is 6.08 Å². The summed E-state index contributed by atoms with van der Waals surface area (Å²) in [6, 6.07) is 0. The van der Waals surface area contributed by atoms with Crippen LogP contribution in [0.3, 0.4) is 0 Å². The number of hydrogen-bond acceptors (Lipinski definition) is 2. The summed E-state index contributed by atoms with van der Waals surface area (Å²) in [4.78, 5) is 0. The average Bonchev–Trinajstić information content (AvgIpc) is 2.05. The van der Waals surface area contributed by atoms with E-state index in [1.165, 1.54) is 0 Å². The third-order valence-corrected chi connectivity index (χ3v) is 3.75. The first kappa shape index (κ1) is 11.6. The highest BCUT2D eigenvalue weighted by Gasteiger charge is 2.09. The standard InChI is InChI=1S/C8H18N2OS/c1-4-6-7-8-10(3)12(9,11)5-2/h4,9H,1,5-8H2,2-3H3. The Labute approximate surface area is 75.6 Å². The highest BCUT2D eigenvalue weighted by atomic mass is 32.2. The van der Waals surface area contributed by atoms with Crippen LogP contribution in [0.25, 0.3) is 0 Å². The van der Waals surface area contributed by atoms with E-state index in [1.54, 1.807) is 18.3 Å². The summed E-state index contributed by atoms with van der Waals surface area (Å²) < 4.78 is 20.5. The Kier molecular flexibility index (Phi) is 5.17. The second kappa shape index (κ2) is 5.32. The van der Waals surface area contributed by atoms with E-state index < -0.39 is 9.92 Å². The number of nitrogens with one attached hydrogen (secondary N) is 1. The second-order valence-corrected chi connectivity index (χ2v) is 5.19. The smallest absolute Gasteiger partial charge is 0.107 e. The van der Waals surface area contributed by atoms with Crippen LogP contribution >= 0.6 is 0 Å². The fraction of sp³-hybridized carbons (Fsp3) is 0.750. The van der Waals surface area contributed by atoms with Crippen LogP contribution in [0.4, 0.5) is 0 Å².